The Morgan fingerprint density at radius 1 is 1.17 bits per heavy atom. The van der Waals surface area contributed by atoms with Gasteiger partial charge in [-0.05, 0) is 30.3 Å². The number of anilines is 1. The third kappa shape index (κ3) is 4.70. The van der Waals surface area contributed by atoms with E-state index in [-0.39, 0.29) is 27.8 Å². The molecule has 30 heavy (non-hydrogen) atoms. The van der Waals surface area contributed by atoms with Crippen molar-refractivity contribution >= 4 is 23.2 Å². The molecule has 0 aliphatic heterocycles. The summed E-state index contributed by atoms with van der Waals surface area (Å²) in [5.74, 6) is -0.885. The highest BCUT2D eigenvalue weighted by atomic mass is 35.5. The number of aromatic nitrogens is 2. The molecule has 158 valence electrons. The number of hydrogen-bond acceptors (Lipinski definition) is 3. The molecule has 0 saturated carbocycles. The van der Waals surface area contributed by atoms with Crippen LogP contribution in [0.25, 0.3) is 0 Å². The molecule has 1 heterocycles. The van der Waals surface area contributed by atoms with Gasteiger partial charge in [0.05, 0.1) is 21.8 Å². The summed E-state index contributed by atoms with van der Waals surface area (Å²) >= 11 is 5.89. The van der Waals surface area contributed by atoms with Crippen molar-refractivity contribution in [2.24, 2.45) is 7.05 Å². The number of nitrogens with one attached hydrogen (secondary N) is 1. The summed E-state index contributed by atoms with van der Waals surface area (Å²) < 4.78 is 71.2. The standard InChI is InChI=1S/C19H13ClF5N3O2/c1-28-9-11(16(27-28)17(21)22)18(29)26-13-4-2-3-5-15(13)30-14-7-6-10(8-12(14)20)19(23,24)25/h2-9,17H,1H3,(H,26,29). The number of hydrogen-bond donors (Lipinski definition) is 1. The van der Waals surface area contributed by atoms with Gasteiger partial charge in [-0.3, -0.25) is 9.48 Å². The predicted molar refractivity (Wildman–Crippen MR) is 99.1 cm³/mol. The van der Waals surface area contributed by atoms with Gasteiger partial charge in [-0.25, -0.2) is 8.78 Å². The van der Waals surface area contributed by atoms with E-state index in [1.807, 2.05) is 0 Å². The van der Waals surface area contributed by atoms with Crippen molar-refractivity contribution in [3.8, 4) is 11.5 Å². The Labute approximate surface area is 172 Å². The van der Waals surface area contributed by atoms with E-state index in [0.29, 0.717) is 6.07 Å². The minimum Gasteiger partial charge on any atom is -0.454 e. The number of benzene rings is 2. The van der Waals surface area contributed by atoms with E-state index in [4.69, 9.17) is 16.3 Å². The van der Waals surface area contributed by atoms with Gasteiger partial charge in [-0.1, -0.05) is 23.7 Å². The smallest absolute Gasteiger partial charge is 0.416 e. The van der Waals surface area contributed by atoms with Gasteiger partial charge in [0.25, 0.3) is 12.3 Å². The molecule has 3 aromatic rings. The van der Waals surface area contributed by atoms with Gasteiger partial charge < -0.3 is 10.1 Å². The van der Waals surface area contributed by atoms with Crippen molar-refractivity contribution < 1.29 is 31.5 Å². The van der Waals surface area contributed by atoms with Crippen LogP contribution in [-0.4, -0.2) is 15.7 Å². The SMILES string of the molecule is Cn1cc(C(=O)Nc2ccccc2Oc2ccc(C(F)(F)F)cc2Cl)c(C(F)F)n1. The third-order valence-electron chi connectivity index (χ3n) is 3.92. The molecule has 11 heteroatoms. The van der Waals surface area contributed by atoms with Gasteiger partial charge in [0.1, 0.15) is 11.4 Å². The van der Waals surface area contributed by atoms with Crippen LogP contribution in [0.3, 0.4) is 0 Å². The molecule has 0 spiro atoms. The zero-order valence-corrected chi connectivity index (χ0v) is 15.9. The molecule has 3 rings (SSSR count). The Bertz CT molecular complexity index is 1080. The molecule has 1 amide bonds. The average molecular weight is 446 g/mol. The number of aryl methyl sites for hydroxylation is 1. The van der Waals surface area contributed by atoms with Gasteiger partial charge in [-0.15, -0.1) is 0 Å². The van der Waals surface area contributed by atoms with Gasteiger partial charge in [0.15, 0.2) is 5.75 Å². The summed E-state index contributed by atoms with van der Waals surface area (Å²) in [4.78, 5) is 12.5. The predicted octanol–water partition coefficient (Wildman–Crippen LogP) is 6.07. The fourth-order valence-corrected chi connectivity index (χ4v) is 2.79. The topological polar surface area (TPSA) is 56.2 Å². The van der Waals surface area contributed by atoms with E-state index in [0.717, 1.165) is 23.0 Å². The minimum atomic E-state index is -4.57. The number of nitrogens with zero attached hydrogens (tertiary/aromatic N) is 2. The van der Waals surface area contributed by atoms with Crippen molar-refractivity contribution in [3.63, 3.8) is 0 Å². The van der Waals surface area contributed by atoms with E-state index < -0.39 is 29.8 Å². The maximum atomic E-state index is 13.1. The summed E-state index contributed by atoms with van der Waals surface area (Å²) in [6, 6.07) is 8.52. The first kappa shape index (κ1) is 21.6. The summed E-state index contributed by atoms with van der Waals surface area (Å²) in [7, 11) is 1.40. The number of halogens is 6. The van der Waals surface area contributed by atoms with Crippen LogP contribution in [-0.2, 0) is 13.2 Å². The molecular weight excluding hydrogens is 433 g/mol. The zero-order chi connectivity index (χ0) is 22.1. The molecule has 0 aliphatic carbocycles. The Hall–Kier alpha value is -3.14. The molecule has 2 aromatic carbocycles. The van der Waals surface area contributed by atoms with Crippen LogP contribution in [0.15, 0.2) is 48.7 Å². The molecule has 1 N–H and O–H groups in total. The highest BCUT2D eigenvalue weighted by Crippen LogP contribution is 2.38. The molecule has 5 nitrogen and oxygen atoms in total. The third-order valence-corrected chi connectivity index (χ3v) is 4.22. The number of amides is 1. The van der Waals surface area contributed by atoms with Gasteiger partial charge in [0.2, 0.25) is 0 Å². The molecule has 0 saturated heterocycles. The molecule has 0 aliphatic rings. The molecule has 1 aromatic heterocycles. The fourth-order valence-electron chi connectivity index (χ4n) is 2.57. The van der Waals surface area contributed by atoms with Crippen LogP contribution in [0.5, 0.6) is 11.5 Å². The first-order valence-corrected chi connectivity index (χ1v) is 8.70. The normalized spacial score (nSPS) is 11.6. The van der Waals surface area contributed by atoms with Crippen LogP contribution < -0.4 is 10.1 Å². The van der Waals surface area contributed by atoms with Crippen molar-refractivity contribution in [2.75, 3.05) is 5.32 Å². The fraction of sp³-hybridized carbons (Fsp3) is 0.158. The number of carbonyl (C=O) groups excluding carboxylic acids is 1. The van der Waals surface area contributed by atoms with Crippen LogP contribution in [0.1, 0.15) is 28.0 Å². The second kappa shape index (κ2) is 8.31. The van der Waals surface area contributed by atoms with E-state index in [9.17, 15) is 26.7 Å². The summed E-state index contributed by atoms with van der Waals surface area (Å²) in [6.45, 7) is 0. The quantitative estimate of drug-likeness (QED) is 0.485. The Kier molecular flexibility index (Phi) is 5.97. The highest BCUT2D eigenvalue weighted by Gasteiger charge is 2.31. The van der Waals surface area contributed by atoms with Crippen LogP contribution >= 0.6 is 11.6 Å². The van der Waals surface area contributed by atoms with Crippen molar-refractivity contribution in [2.45, 2.75) is 12.6 Å². The summed E-state index contributed by atoms with van der Waals surface area (Å²) in [5, 5.41) is 5.71. The van der Waals surface area contributed by atoms with Crippen LogP contribution in [0.2, 0.25) is 5.02 Å². The lowest BCUT2D eigenvalue weighted by Crippen LogP contribution is -2.14. The first-order valence-electron chi connectivity index (χ1n) is 8.33. The second-order valence-electron chi connectivity index (χ2n) is 6.10. The molecule has 0 bridgehead atoms. The summed E-state index contributed by atoms with van der Waals surface area (Å²) in [5.41, 5.74) is -1.85. The number of alkyl halides is 5. The van der Waals surface area contributed by atoms with Crippen molar-refractivity contribution in [3.05, 3.63) is 70.5 Å². The molecule has 0 fully saturated rings. The number of ether oxygens (including phenoxy) is 1. The van der Waals surface area contributed by atoms with Gasteiger partial charge >= 0.3 is 6.18 Å². The van der Waals surface area contributed by atoms with Crippen LogP contribution in [0, 0.1) is 0 Å². The first-order chi connectivity index (χ1) is 14.1. The minimum absolute atomic E-state index is 0.0509. The highest BCUT2D eigenvalue weighted by molar-refractivity contribution is 6.32. The van der Waals surface area contributed by atoms with Gasteiger partial charge in [-0.2, -0.15) is 18.3 Å². The Morgan fingerprint density at radius 2 is 1.87 bits per heavy atom. The number of rotatable bonds is 5. The van der Waals surface area contributed by atoms with E-state index in [1.165, 1.54) is 19.2 Å². The Morgan fingerprint density at radius 3 is 2.50 bits per heavy atom. The van der Waals surface area contributed by atoms with E-state index >= 15 is 0 Å². The molecule has 0 unspecified atom stereocenters. The average Bonchev–Trinajstić information content (AvgIpc) is 3.06. The zero-order valence-electron chi connectivity index (χ0n) is 15.2. The molecular formula is C19H13ClF5N3O2. The largest absolute Gasteiger partial charge is 0.454 e. The maximum absolute atomic E-state index is 13.1. The number of carbonyl (C=O) groups is 1. The summed E-state index contributed by atoms with van der Waals surface area (Å²) in [6.07, 6.45) is -6.38. The Balaban J connectivity index is 1.86. The molecule has 0 radical (unpaired) electrons. The lowest BCUT2D eigenvalue weighted by Gasteiger charge is -2.14. The lowest BCUT2D eigenvalue weighted by molar-refractivity contribution is -0.137. The second-order valence-corrected chi connectivity index (χ2v) is 6.50. The monoisotopic (exact) mass is 445 g/mol. The lowest BCUT2D eigenvalue weighted by atomic mass is 10.2. The van der Waals surface area contributed by atoms with Crippen LogP contribution in [0.4, 0.5) is 27.6 Å². The van der Waals surface area contributed by atoms with E-state index in [2.05, 4.69) is 10.4 Å². The van der Waals surface area contributed by atoms with Crippen molar-refractivity contribution in [1.82, 2.24) is 9.78 Å². The van der Waals surface area contributed by atoms with Crippen molar-refractivity contribution in [1.29, 1.82) is 0 Å². The number of para-hydroxylation sites is 2. The van der Waals surface area contributed by atoms with Gasteiger partial charge in [0, 0.05) is 13.2 Å². The maximum Gasteiger partial charge on any atom is 0.416 e. The van der Waals surface area contributed by atoms with E-state index in [1.54, 1.807) is 12.1 Å². The molecule has 0 atom stereocenters.